The summed E-state index contributed by atoms with van der Waals surface area (Å²) < 4.78 is 2.31. The van der Waals surface area contributed by atoms with Crippen LogP contribution in [0.25, 0.3) is 0 Å². The van der Waals surface area contributed by atoms with E-state index in [9.17, 15) is 14.4 Å². The molecular weight excluding hydrogens is 356 g/mol. The van der Waals surface area contributed by atoms with Crippen molar-refractivity contribution in [3.63, 3.8) is 0 Å². The second kappa shape index (κ2) is 9.13. The second-order valence-corrected chi connectivity index (χ2v) is 7.38. The third kappa shape index (κ3) is 4.32. The van der Waals surface area contributed by atoms with E-state index >= 15 is 0 Å². The maximum absolute atomic E-state index is 11.9. The number of hydrogen-bond donors (Lipinski definition) is 0. The number of benzene rings is 1. The molecule has 2 aliphatic heterocycles. The number of nitrogens with zero attached hydrogens (tertiary/aromatic N) is 2. The van der Waals surface area contributed by atoms with Gasteiger partial charge in [0.25, 0.3) is 11.8 Å². The van der Waals surface area contributed by atoms with Gasteiger partial charge in [-0.25, -0.2) is 4.79 Å². The highest BCUT2D eigenvalue weighted by molar-refractivity contribution is 6.01. The molecule has 2 amide bonds. The van der Waals surface area contributed by atoms with E-state index < -0.39 is 17.8 Å². The molecule has 6 nitrogen and oxygen atoms in total. The summed E-state index contributed by atoms with van der Waals surface area (Å²) in [4.78, 5) is 39.7. The molecule has 2 heterocycles. The molecule has 1 fully saturated rings. The van der Waals surface area contributed by atoms with Crippen LogP contribution in [0.3, 0.4) is 0 Å². The van der Waals surface area contributed by atoms with Crippen LogP contribution in [-0.4, -0.2) is 39.7 Å². The Bertz CT molecular complexity index is 779. The van der Waals surface area contributed by atoms with Gasteiger partial charge in [-0.2, -0.15) is 4.58 Å². The largest absolute Gasteiger partial charge is 0.333 e. The van der Waals surface area contributed by atoms with E-state index in [0.717, 1.165) is 13.0 Å². The van der Waals surface area contributed by atoms with Gasteiger partial charge in [0, 0.05) is 44.2 Å². The predicted octanol–water partition coefficient (Wildman–Crippen LogP) is 3.89. The van der Waals surface area contributed by atoms with E-state index in [4.69, 9.17) is 4.84 Å². The number of imide groups is 1. The highest BCUT2D eigenvalue weighted by atomic mass is 16.7. The van der Waals surface area contributed by atoms with E-state index in [1.807, 2.05) is 19.9 Å². The summed E-state index contributed by atoms with van der Waals surface area (Å²) in [6.07, 6.45) is 1.88. The van der Waals surface area contributed by atoms with Crippen LogP contribution < -0.4 is 0 Å². The number of amides is 2. The first-order chi connectivity index (χ1) is 13.3. The van der Waals surface area contributed by atoms with Gasteiger partial charge in [0.2, 0.25) is 5.69 Å². The van der Waals surface area contributed by atoms with Crippen molar-refractivity contribution in [2.24, 2.45) is 0 Å². The van der Waals surface area contributed by atoms with E-state index in [1.54, 1.807) is 0 Å². The Hall–Kier alpha value is -2.50. The molecule has 2 aliphatic rings. The van der Waals surface area contributed by atoms with Crippen molar-refractivity contribution in [1.29, 1.82) is 0 Å². The van der Waals surface area contributed by atoms with Crippen molar-refractivity contribution < 1.29 is 23.8 Å². The average molecular weight is 388 g/mol. The SMILES string of the molecule is CC.CC1=[N+](CCCCC(=O)ON2C(=O)CCC2=O)c2ccccc2C1(C)C. The molecule has 0 spiro atoms. The third-order valence-electron chi connectivity index (χ3n) is 5.39. The van der Waals surface area contributed by atoms with Crippen LogP contribution in [-0.2, 0) is 24.6 Å². The maximum atomic E-state index is 11.9. The predicted molar refractivity (Wildman–Crippen MR) is 107 cm³/mol. The lowest BCUT2D eigenvalue weighted by Gasteiger charge is -2.14. The molecule has 28 heavy (non-hydrogen) atoms. The summed E-state index contributed by atoms with van der Waals surface area (Å²) >= 11 is 0. The van der Waals surface area contributed by atoms with E-state index in [2.05, 4.69) is 43.5 Å². The molecule has 1 aromatic carbocycles. The zero-order chi connectivity index (χ0) is 20.9. The number of fused-ring (bicyclic) bond motifs is 1. The first-order valence-corrected chi connectivity index (χ1v) is 10.1. The molecule has 0 radical (unpaired) electrons. The summed E-state index contributed by atoms with van der Waals surface area (Å²) in [5.74, 6) is -1.41. The Morgan fingerprint density at radius 2 is 1.71 bits per heavy atom. The Balaban J connectivity index is 0.00000136. The number of carbonyl (C=O) groups is 3. The molecule has 1 saturated heterocycles. The summed E-state index contributed by atoms with van der Waals surface area (Å²) in [6.45, 7) is 11.4. The first kappa shape index (κ1) is 21.8. The van der Waals surface area contributed by atoms with Gasteiger partial charge in [-0.05, 0) is 20.3 Å². The molecule has 0 saturated carbocycles. The fourth-order valence-corrected chi connectivity index (χ4v) is 3.58. The van der Waals surface area contributed by atoms with Gasteiger partial charge in [0.05, 0.1) is 5.41 Å². The highest BCUT2D eigenvalue weighted by Crippen LogP contribution is 2.39. The van der Waals surface area contributed by atoms with E-state index in [-0.39, 0.29) is 24.7 Å². The number of rotatable bonds is 6. The molecular formula is C22H31N2O4+. The van der Waals surface area contributed by atoms with Gasteiger partial charge in [-0.1, -0.05) is 32.0 Å². The zero-order valence-corrected chi connectivity index (χ0v) is 17.6. The molecule has 3 rings (SSSR count). The van der Waals surface area contributed by atoms with E-state index in [0.29, 0.717) is 11.5 Å². The van der Waals surface area contributed by atoms with Crippen LogP contribution >= 0.6 is 0 Å². The quantitative estimate of drug-likeness (QED) is 0.422. The third-order valence-corrected chi connectivity index (χ3v) is 5.39. The highest BCUT2D eigenvalue weighted by Gasteiger charge is 2.42. The van der Waals surface area contributed by atoms with Crippen LogP contribution in [0.15, 0.2) is 24.3 Å². The molecule has 6 heteroatoms. The lowest BCUT2D eigenvalue weighted by Crippen LogP contribution is -2.32. The molecule has 0 aromatic heterocycles. The zero-order valence-electron chi connectivity index (χ0n) is 17.6. The van der Waals surface area contributed by atoms with Crippen molar-refractivity contribution >= 4 is 29.2 Å². The smallest absolute Gasteiger partial charge is 0.330 e. The Morgan fingerprint density at radius 3 is 2.36 bits per heavy atom. The van der Waals surface area contributed by atoms with Gasteiger partial charge in [0.15, 0.2) is 5.71 Å². The molecule has 0 atom stereocenters. The van der Waals surface area contributed by atoms with Crippen molar-refractivity contribution in [3.8, 4) is 0 Å². The monoisotopic (exact) mass is 387 g/mol. The fraction of sp³-hybridized carbons (Fsp3) is 0.545. The maximum Gasteiger partial charge on any atom is 0.333 e. The van der Waals surface area contributed by atoms with Gasteiger partial charge < -0.3 is 4.84 Å². The minimum absolute atomic E-state index is 0.00595. The van der Waals surface area contributed by atoms with Crippen molar-refractivity contribution in [2.75, 3.05) is 6.54 Å². The van der Waals surface area contributed by atoms with Crippen LogP contribution in [0.4, 0.5) is 5.69 Å². The van der Waals surface area contributed by atoms with Crippen LogP contribution in [0, 0.1) is 0 Å². The lowest BCUT2D eigenvalue weighted by molar-refractivity contribution is -0.439. The minimum Gasteiger partial charge on any atom is -0.330 e. The molecule has 0 aliphatic carbocycles. The summed E-state index contributed by atoms with van der Waals surface area (Å²) in [5, 5.41) is 0.611. The number of hydroxylamine groups is 2. The second-order valence-electron chi connectivity index (χ2n) is 7.38. The van der Waals surface area contributed by atoms with Gasteiger partial charge in [0.1, 0.15) is 6.54 Å². The van der Waals surface area contributed by atoms with Gasteiger partial charge in [-0.15, -0.1) is 5.06 Å². The van der Waals surface area contributed by atoms with E-state index in [1.165, 1.54) is 17.0 Å². The number of unbranched alkanes of at least 4 members (excludes halogenated alkanes) is 1. The van der Waals surface area contributed by atoms with Gasteiger partial charge >= 0.3 is 5.97 Å². The normalized spacial score (nSPS) is 17.4. The van der Waals surface area contributed by atoms with Crippen LogP contribution in [0.2, 0.25) is 0 Å². The Morgan fingerprint density at radius 1 is 1.11 bits per heavy atom. The molecule has 0 bridgehead atoms. The Labute approximate surface area is 167 Å². The number of hydrogen-bond acceptors (Lipinski definition) is 4. The summed E-state index contributed by atoms with van der Waals surface area (Å²) in [6, 6.07) is 8.41. The topological polar surface area (TPSA) is 66.7 Å². The lowest BCUT2D eigenvalue weighted by atomic mass is 9.82. The van der Waals surface area contributed by atoms with Crippen LogP contribution in [0.1, 0.15) is 72.3 Å². The first-order valence-electron chi connectivity index (χ1n) is 10.1. The average Bonchev–Trinajstić information content (AvgIpc) is 3.10. The number of carbonyl (C=O) groups excluding carboxylic acids is 3. The standard InChI is InChI=1S/C20H25N2O4.C2H6/c1-14-20(2,3)15-8-4-5-9-16(15)21(14)13-7-6-10-19(25)26-22-17(23)11-12-18(22)24;1-2/h4-5,8-9H,6-7,10-13H2,1-3H3;1-2H3/q+1;. The number of para-hydroxylation sites is 1. The van der Waals surface area contributed by atoms with Crippen molar-refractivity contribution in [1.82, 2.24) is 5.06 Å². The fourth-order valence-electron chi connectivity index (χ4n) is 3.58. The van der Waals surface area contributed by atoms with Crippen molar-refractivity contribution in [2.45, 2.75) is 72.1 Å². The summed E-state index contributed by atoms with van der Waals surface area (Å²) in [7, 11) is 0. The molecule has 0 N–H and O–H groups in total. The molecule has 1 aromatic rings. The molecule has 152 valence electrons. The Kier molecular flexibility index (Phi) is 7.11. The summed E-state index contributed by atoms with van der Waals surface area (Å²) in [5.41, 5.74) is 3.86. The van der Waals surface area contributed by atoms with Gasteiger partial charge in [-0.3, -0.25) is 9.59 Å². The minimum atomic E-state index is -0.531. The van der Waals surface area contributed by atoms with Crippen LogP contribution in [0.5, 0.6) is 0 Å². The van der Waals surface area contributed by atoms with Crippen molar-refractivity contribution in [3.05, 3.63) is 29.8 Å². The molecule has 0 unspecified atom stereocenters.